The van der Waals surface area contributed by atoms with Crippen LogP contribution in [0.3, 0.4) is 0 Å². The predicted molar refractivity (Wildman–Crippen MR) is 136 cm³/mol. The first-order chi connectivity index (χ1) is 14.9. The molecule has 0 fully saturated rings. The van der Waals surface area contributed by atoms with E-state index in [1.165, 1.54) is 84.0 Å². The Morgan fingerprint density at radius 3 is 1.03 bits per heavy atom. The molecule has 0 N–H and O–H groups in total. The van der Waals surface area contributed by atoms with Crippen LogP contribution in [0.25, 0.3) is 0 Å². The quantitative estimate of drug-likeness (QED) is 0.0957. The van der Waals surface area contributed by atoms with Crippen molar-refractivity contribution in [3.63, 3.8) is 0 Å². The van der Waals surface area contributed by atoms with Crippen LogP contribution in [0, 0.1) is 5.41 Å². The first-order valence-corrected chi connectivity index (χ1v) is 13.7. The summed E-state index contributed by atoms with van der Waals surface area (Å²) in [4.78, 5) is 37.5. The van der Waals surface area contributed by atoms with Crippen molar-refractivity contribution in [3.05, 3.63) is 0 Å². The number of ketones is 2. The second kappa shape index (κ2) is 20.0. The van der Waals surface area contributed by atoms with Gasteiger partial charge in [-0.2, -0.15) is 0 Å². The second-order valence-corrected chi connectivity index (χ2v) is 9.84. The maximum Gasteiger partial charge on any atom is 0.206 e. The second-order valence-electron chi connectivity index (χ2n) is 9.43. The third-order valence-corrected chi connectivity index (χ3v) is 7.01. The van der Waals surface area contributed by atoms with E-state index in [1.807, 2.05) is 0 Å². The molecule has 0 rings (SSSR count). The van der Waals surface area contributed by atoms with Crippen LogP contribution in [-0.4, -0.2) is 16.7 Å². The summed E-state index contributed by atoms with van der Waals surface area (Å²) in [5.74, 6) is -0.479. The molecule has 0 saturated carbocycles. The van der Waals surface area contributed by atoms with Gasteiger partial charge in [-0.05, 0) is 19.8 Å². The Bertz CT molecular complexity index is 453. The summed E-state index contributed by atoms with van der Waals surface area (Å²) >= 11 is 3.91. The number of rotatable bonds is 23. The standard InChI is InChI=1S/C27H50O3S/c1-4-6-8-10-12-14-16-18-20-22-24(28)27(3,26(30)31)25(29)23-21-19-17-15-13-11-9-7-5-2/h4-23H2,1-3H3,(H,30,31). The zero-order valence-corrected chi connectivity index (χ0v) is 21.7. The molecule has 0 aromatic heterocycles. The van der Waals surface area contributed by atoms with Gasteiger partial charge >= 0.3 is 0 Å². The van der Waals surface area contributed by atoms with E-state index in [-0.39, 0.29) is 11.6 Å². The van der Waals surface area contributed by atoms with E-state index < -0.39 is 10.5 Å². The van der Waals surface area contributed by atoms with Gasteiger partial charge < -0.3 is 0 Å². The highest BCUT2D eigenvalue weighted by atomic mass is 32.1. The summed E-state index contributed by atoms with van der Waals surface area (Å²) in [5.41, 5.74) is -1.55. The molecule has 0 unspecified atom stereocenters. The lowest BCUT2D eigenvalue weighted by Gasteiger charge is -2.23. The molecule has 0 atom stereocenters. The van der Waals surface area contributed by atoms with E-state index in [0.29, 0.717) is 12.8 Å². The number of unbranched alkanes of at least 4 members (excludes halogenated alkanes) is 16. The van der Waals surface area contributed by atoms with Crippen molar-refractivity contribution in [2.24, 2.45) is 5.41 Å². The highest BCUT2D eigenvalue weighted by Crippen LogP contribution is 2.28. The number of Topliss-reactive ketones (excluding diaryl/α,β-unsaturated/α-hetero) is 2. The Balaban J connectivity index is 4.09. The Hall–Kier alpha value is -0.640. The largest absolute Gasteiger partial charge is 0.298 e. The summed E-state index contributed by atoms with van der Waals surface area (Å²) < 4.78 is 0. The molecular weight excluding hydrogens is 404 g/mol. The van der Waals surface area contributed by atoms with Gasteiger partial charge in [0.1, 0.15) is 0 Å². The van der Waals surface area contributed by atoms with Gasteiger partial charge in [-0.3, -0.25) is 14.4 Å². The molecule has 0 bridgehead atoms. The molecule has 0 radical (unpaired) electrons. The van der Waals surface area contributed by atoms with E-state index in [2.05, 4.69) is 26.5 Å². The van der Waals surface area contributed by atoms with Gasteiger partial charge in [-0.15, -0.1) is 12.6 Å². The van der Waals surface area contributed by atoms with Crippen molar-refractivity contribution in [2.75, 3.05) is 0 Å². The monoisotopic (exact) mass is 454 g/mol. The molecule has 0 aromatic rings. The van der Waals surface area contributed by atoms with Crippen molar-refractivity contribution in [3.8, 4) is 0 Å². The zero-order chi connectivity index (χ0) is 23.4. The third-order valence-electron chi connectivity index (χ3n) is 6.56. The third kappa shape index (κ3) is 14.2. The van der Waals surface area contributed by atoms with Crippen molar-refractivity contribution in [2.45, 2.75) is 149 Å². The molecule has 0 aromatic carbocycles. The lowest BCUT2D eigenvalue weighted by atomic mass is 9.78. The van der Waals surface area contributed by atoms with Crippen LogP contribution in [0.15, 0.2) is 0 Å². The molecule has 31 heavy (non-hydrogen) atoms. The van der Waals surface area contributed by atoms with Gasteiger partial charge in [0, 0.05) is 12.8 Å². The molecule has 4 heteroatoms. The van der Waals surface area contributed by atoms with Crippen molar-refractivity contribution < 1.29 is 14.4 Å². The van der Waals surface area contributed by atoms with Gasteiger partial charge in [0.25, 0.3) is 0 Å². The lowest BCUT2D eigenvalue weighted by molar-refractivity contribution is -0.144. The smallest absolute Gasteiger partial charge is 0.206 e. The van der Waals surface area contributed by atoms with E-state index >= 15 is 0 Å². The van der Waals surface area contributed by atoms with Crippen molar-refractivity contribution in [1.29, 1.82) is 0 Å². The number of hydrogen-bond donors (Lipinski definition) is 1. The molecular formula is C27H50O3S. The first-order valence-electron chi connectivity index (χ1n) is 13.2. The number of carbonyl (C=O) groups is 3. The lowest BCUT2D eigenvalue weighted by Crippen LogP contribution is -2.41. The Morgan fingerprint density at radius 2 is 0.774 bits per heavy atom. The predicted octanol–water partition coefficient (Wildman–Crippen LogP) is 8.43. The van der Waals surface area contributed by atoms with Crippen LogP contribution in [-0.2, 0) is 14.4 Å². The SMILES string of the molecule is CCCCCCCCCCCC(=O)C(C)(C(=O)S)C(=O)CCCCCCCCCCC. The molecule has 0 amide bonds. The summed E-state index contributed by atoms with van der Waals surface area (Å²) in [6, 6.07) is 0. The van der Waals surface area contributed by atoms with Gasteiger partial charge in [0.15, 0.2) is 17.0 Å². The van der Waals surface area contributed by atoms with E-state index in [9.17, 15) is 14.4 Å². The summed E-state index contributed by atoms with van der Waals surface area (Å²) in [5, 5.41) is -0.589. The fraction of sp³-hybridized carbons (Fsp3) is 0.889. The normalized spacial score (nSPS) is 11.6. The average molecular weight is 455 g/mol. The zero-order valence-electron chi connectivity index (χ0n) is 20.8. The Kier molecular flexibility index (Phi) is 19.6. The Morgan fingerprint density at radius 1 is 0.516 bits per heavy atom. The summed E-state index contributed by atoms with van der Waals surface area (Å²) in [7, 11) is 0. The fourth-order valence-corrected chi connectivity index (χ4v) is 4.34. The van der Waals surface area contributed by atoms with Crippen molar-refractivity contribution >= 4 is 29.3 Å². The molecule has 182 valence electrons. The maximum absolute atomic E-state index is 12.7. The highest BCUT2D eigenvalue weighted by Gasteiger charge is 2.44. The minimum absolute atomic E-state index is 0.239. The first kappa shape index (κ1) is 30.4. The van der Waals surface area contributed by atoms with Crippen LogP contribution in [0.5, 0.6) is 0 Å². The van der Waals surface area contributed by atoms with Crippen LogP contribution < -0.4 is 0 Å². The number of thiol groups is 1. The van der Waals surface area contributed by atoms with Gasteiger partial charge in [-0.1, -0.05) is 117 Å². The summed E-state index contributed by atoms with van der Waals surface area (Å²) in [6.45, 7) is 5.94. The van der Waals surface area contributed by atoms with Gasteiger partial charge in [0.05, 0.1) is 0 Å². The summed E-state index contributed by atoms with van der Waals surface area (Å²) in [6.07, 6.45) is 21.7. The van der Waals surface area contributed by atoms with E-state index in [0.717, 1.165) is 38.5 Å². The van der Waals surface area contributed by atoms with Crippen LogP contribution in [0.1, 0.15) is 149 Å². The molecule has 0 aliphatic carbocycles. The van der Waals surface area contributed by atoms with Crippen molar-refractivity contribution in [1.82, 2.24) is 0 Å². The fourth-order valence-electron chi connectivity index (χ4n) is 4.09. The van der Waals surface area contributed by atoms with Gasteiger partial charge in [-0.25, -0.2) is 0 Å². The van der Waals surface area contributed by atoms with Gasteiger partial charge in [0.2, 0.25) is 5.12 Å². The highest BCUT2D eigenvalue weighted by molar-refractivity contribution is 7.96. The molecule has 3 nitrogen and oxygen atoms in total. The van der Waals surface area contributed by atoms with Crippen LogP contribution in [0.4, 0.5) is 0 Å². The molecule has 0 aliphatic rings. The van der Waals surface area contributed by atoms with E-state index in [1.54, 1.807) is 0 Å². The van der Waals surface area contributed by atoms with E-state index in [4.69, 9.17) is 0 Å². The van der Waals surface area contributed by atoms with Crippen LogP contribution in [0.2, 0.25) is 0 Å². The molecule has 0 aliphatic heterocycles. The minimum Gasteiger partial charge on any atom is -0.298 e. The van der Waals surface area contributed by atoms with Crippen LogP contribution >= 0.6 is 12.6 Å². The Labute approximate surface area is 198 Å². The number of hydrogen-bond acceptors (Lipinski definition) is 3. The number of carbonyl (C=O) groups excluding carboxylic acids is 3. The topological polar surface area (TPSA) is 51.2 Å². The molecule has 0 saturated heterocycles. The maximum atomic E-state index is 12.7. The molecule has 0 spiro atoms. The average Bonchev–Trinajstić information content (AvgIpc) is 2.75. The molecule has 0 heterocycles. The minimum atomic E-state index is -1.55.